The maximum absolute atomic E-state index is 12.7. The van der Waals surface area contributed by atoms with Crippen LogP contribution in [0.25, 0.3) is 16.9 Å². The summed E-state index contributed by atoms with van der Waals surface area (Å²) >= 11 is 0. The van der Waals surface area contributed by atoms with Crippen molar-refractivity contribution in [3.8, 4) is 11.6 Å². The van der Waals surface area contributed by atoms with E-state index in [2.05, 4.69) is 34.3 Å². The summed E-state index contributed by atoms with van der Waals surface area (Å²) in [5, 5.41) is 3.38. The van der Waals surface area contributed by atoms with E-state index in [0.29, 0.717) is 24.8 Å². The summed E-state index contributed by atoms with van der Waals surface area (Å²) < 4.78 is 13.6. The smallest absolute Gasteiger partial charge is 0.410 e. The fourth-order valence-electron chi connectivity index (χ4n) is 5.08. The van der Waals surface area contributed by atoms with Crippen LogP contribution in [-0.4, -0.2) is 49.7 Å². The van der Waals surface area contributed by atoms with E-state index in [9.17, 15) is 4.79 Å². The summed E-state index contributed by atoms with van der Waals surface area (Å²) in [4.78, 5) is 28.2. The number of aromatic nitrogens is 4. The first-order valence-corrected chi connectivity index (χ1v) is 13.9. The molecule has 1 saturated heterocycles. The van der Waals surface area contributed by atoms with E-state index in [1.54, 1.807) is 17.4 Å². The van der Waals surface area contributed by atoms with E-state index in [4.69, 9.17) is 14.5 Å². The lowest BCUT2D eigenvalue weighted by Gasteiger charge is -2.24. The van der Waals surface area contributed by atoms with Crippen LogP contribution in [-0.2, 0) is 11.3 Å². The molecular weight excluding hydrogens is 516 g/mol. The maximum atomic E-state index is 12.7. The standard InChI is InChI=1S/C32H32N6O3/c1-23(25-11-6-3-7-12-25)35-31-33-17-16-30(36-31)38-22-34-28-19-27(14-15-29(28)38)40-21-26-13-8-18-37(26)32(39)41-20-24-9-4-2-5-10-24/h2-7,9-12,14-17,19,22-23,26H,8,13,18,20-21H2,1H3,(H,33,35,36)/t23-,26?/m0/s1. The number of anilines is 1. The quantitative estimate of drug-likeness (QED) is 0.235. The van der Waals surface area contributed by atoms with Crippen LogP contribution in [0.4, 0.5) is 10.7 Å². The normalized spacial score (nSPS) is 15.5. The molecule has 9 nitrogen and oxygen atoms in total. The average Bonchev–Trinajstić information content (AvgIpc) is 3.67. The zero-order valence-corrected chi connectivity index (χ0v) is 22.9. The van der Waals surface area contributed by atoms with Crippen molar-refractivity contribution >= 4 is 23.1 Å². The molecule has 2 atom stereocenters. The Bertz CT molecular complexity index is 1610. The lowest BCUT2D eigenvalue weighted by molar-refractivity contribution is 0.0824. The van der Waals surface area contributed by atoms with E-state index in [1.807, 2.05) is 77.4 Å². The van der Waals surface area contributed by atoms with Crippen LogP contribution in [0.5, 0.6) is 5.75 Å². The second kappa shape index (κ2) is 12.1. The number of nitrogens with zero attached hydrogens (tertiary/aromatic N) is 5. The number of hydrogen-bond acceptors (Lipinski definition) is 7. The first-order valence-electron chi connectivity index (χ1n) is 13.9. The zero-order valence-electron chi connectivity index (χ0n) is 22.9. The van der Waals surface area contributed by atoms with Crippen molar-refractivity contribution in [2.45, 2.75) is 38.5 Å². The van der Waals surface area contributed by atoms with E-state index < -0.39 is 0 Å². The fourth-order valence-corrected chi connectivity index (χ4v) is 5.08. The monoisotopic (exact) mass is 548 g/mol. The predicted octanol–water partition coefficient (Wildman–Crippen LogP) is 6.17. The molecule has 1 amide bonds. The van der Waals surface area contributed by atoms with Gasteiger partial charge in [0.15, 0.2) is 0 Å². The molecule has 208 valence electrons. The molecule has 0 saturated carbocycles. The first-order chi connectivity index (χ1) is 20.1. The number of amides is 1. The Kier molecular flexibility index (Phi) is 7.75. The number of benzene rings is 3. The van der Waals surface area contributed by atoms with Gasteiger partial charge < -0.3 is 19.7 Å². The van der Waals surface area contributed by atoms with Crippen LogP contribution in [0, 0.1) is 0 Å². The number of carbonyl (C=O) groups is 1. The zero-order chi connectivity index (χ0) is 28.0. The summed E-state index contributed by atoms with van der Waals surface area (Å²) in [5.74, 6) is 1.97. The first kappa shape index (κ1) is 26.3. The molecule has 3 aromatic carbocycles. The molecule has 2 aromatic heterocycles. The van der Waals surface area contributed by atoms with Crippen molar-refractivity contribution < 1.29 is 14.3 Å². The molecule has 1 N–H and O–H groups in total. The molecule has 0 radical (unpaired) electrons. The molecule has 5 aromatic rings. The highest BCUT2D eigenvalue weighted by Crippen LogP contribution is 2.25. The Labute approximate surface area is 238 Å². The number of likely N-dealkylation sites (tertiary alicyclic amines) is 1. The van der Waals surface area contributed by atoms with Crippen molar-refractivity contribution in [1.29, 1.82) is 0 Å². The van der Waals surface area contributed by atoms with E-state index >= 15 is 0 Å². The van der Waals surface area contributed by atoms with Gasteiger partial charge in [-0.25, -0.2) is 14.8 Å². The molecule has 0 aliphatic carbocycles. The fraction of sp³-hybridized carbons (Fsp3) is 0.250. The highest BCUT2D eigenvalue weighted by Gasteiger charge is 2.30. The third kappa shape index (κ3) is 6.14. The second-order valence-corrected chi connectivity index (χ2v) is 10.1. The molecule has 41 heavy (non-hydrogen) atoms. The number of carbonyl (C=O) groups excluding carboxylic acids is 1. The minimum absolute atomic E-state index is 0.0308. The van der Waals surface area contributed by atoms with Gasteiger partial charge in [0.1, 0.15) is 31.1 Å². The average molecular weight is 549 g/mol. The van der Waals surface area contributed by atoms with Crippen molar-refractivity contribution in [3.05, 3.63) is 109 Å². The van der Waals surface area contributed by atoms with Gasteiger partial charge in [0.05, 0.1) is 23.1 Å². The number of rotatable bonds is 9. The maximum Gasteiger partial charge on any atom is 0.410 e. The Balaban J connectivity index is 1.09. The van der Waals surface area contributed by atoms with Gasteiger partial charge in [-0.3, -0.25) is 4.57 Å². The molecule has 1 aliphatic rings. The van der Waals surface area contributed by atoms with Gasteiger partial charge in [0.25, 0.3) is 0 Å². The van der Waals surface area contributed by atoms with Gasteiger partial charge in [-0.05, 0) is 49.1 Å². The van der Waals surface area contributed by atoms with Crippen LogP contribution >= 0.6 is 0 Å². The van der Waals surface area contributed by atoms with Gasteiger partial charge >= 0.3 is 6.09 Å². The number of fused-ring (bicyclic) bond motifs is 1. The topological polar surface area (TPSA) is 94.4 Å². The van der Waals surface area contributed by atoms with Gasteiger partial charge in [0.2, 0.25) is 5.95 Å². The van der Waals surface area contributed by atoms with Crippen molar-refractivity contribution in [2.75, 3.05) is 18.5 Å². The molecule has 0 bridgehead atoms. The minimum atomic E-state index is -0.300. The van der Waals surface area contributed by atoms with Gasteiger partial charge in [-0.2, -0.15) is 4.98 Å². The highest BCUT2D eigenvalue weighted by atomic mass is 16.6. The molecular formula is C32H32N6O3. The van der Waals surface area contributed by atoms with Gasteiger partial charge in [-0.15, -0.1) is 0 Å². The molecule has 1 unspecified atom stereocenters. The second-order valence-electron chi connectivity index (χ2n) is 10.1. The minimum Gasteiger partial charge on any atom is -0.491 e. The van der Waals surface area contributed by atoms with Crippen LogP contribution in [0.1, 0.15) is 36.9 Å². The summed E-state index contributed by atoms with van der Waals surface area (Å²) in [6, 6.07) is 27.6. The third-order valence-corrected chi connectivity index (χ3v) is 7.31. The van der Waals surface area contributed by atoms with Gasteiger partial charge in [-0.1, -0.05) is 60.7 Å². The number of ether oxygens (including phenoxy) is 2. The van der Waals surface area contributed by atoms with Gasteiger partial charge in [0, 0.05) is 18.8 Å². The number of hydrogen-bond donors (Lipinski definition) is 1. The molecule has 0 spiro atoms. The predicted molar refractivity (Wildman–Crippen MR) is 157 cm³/mol. The van der Waals surface area contributed by atoms with Crippen molar-refractivity contribution in [3.63, 3.8) is 0 Å². The summed E-state index contributed by atoms with van der Waals surface area (Å²) in [6.45, 7) is 3.41. The Morgan fingerprint density at radius 1 is 1.02 bits per heavy atom. The van der Waals surface area contributed by atoms with Crippen molar-refractivity contribution in [1.82, 2.24) is 24.4 Å². The third-order valence-electron chi connectivity index (χ3n) is 7.31. The van der Waals surface area contributed by atoms with E-state index in [-0.39, 0.29) is 24.8 Å². The van der Waals surface area contributed by atoms with Crippen LogP contribution in [0.15, 0.2) is 97.5 Å². The van der Waals surface area contributed by atoms with Crippen LogP contribution in [0.3, 0.4) is 0 Å². The lowest BCUT2D eigenvalue weighted by atomic mass is 10.1. The molecule has 3 heterocycles. The van der Waals surface area contributed by atoms with Crippen LogP contribution < -0.4 is 10.1 Å². The lowest BCUT2D eigenvalue weighted by Crippen LogP contribution is -2.39. The van der Waals surface area contributed by atoms with Crippen molar-refractivity contribution in [2.24, 2.45) is 0 Å². The number of nitrogens with one attached hydrogen (secondary N) is 1. The molecule has 9 heteroatoms. The van der Waals surface area contributed by atoms with E-state index in [0.717, 1.165) is 40.8 Å². The van der Waals surface area contributed by atoms with Crippen LogP contribution in [0.2, 0.25) is 0 Å². The van der Waals surface area contributed by atoms with E-state index in [1.165, 1.54) is 0 Å². The Morgan fingerprint density at radius 3 is 2.66 bits per heavy atom. The Hall–Kier alpha value is -4.92. The molecule has 1 fully saturated rings. The highest BCUT2D eigenvalue weighted by molar-refractivity contribution is 5.78. The summed E-state index contributed by atoms with van der Waals surface area (Å²) in [6.07, 6.45) is 5.00. The summed E-state index contributed by atoms with van der Waals surface area (Å²) in [7, 11) is 0. The Morgan fingerprint density at radius 2 is 1.83 bits per heavy atom. The number of imidazole rings is 1. The molecule has 1 aliphatic heterocycles. The summed E-state index contributed by atoms with van der Waals surface area (Å²) in [5.41, 5.74) is 3.83. The molecule has 6 rings (SSSR count). The largest absolute Gasteiger partial charge is 0.491 e. The SMILES string of the molecule is C[C@H](Nc1nccc(-n2cnc3cc(OCC4CCCN4C(=O)OCc4ccccc4)ccc32)n1)c1ccccc1.